The third-order valence-corrected chi connectivity index (χ3v) is 3.64. The van der Waals surface area contributed by atoms with Gasteiger partial charge in [0.25, 0.3) is 0 Å². The van der Waals surface area contributed by atoms with Crippen LogP contribution in [0.4, 0.5) is 4.79 Å². The molecule has 7 nitrogen and oxygen atoms in total. The molecule has 0 unspecified atom stereocenters. The quantitative estimate of drug-likeness (QED) is 0.729. The average Bonchev–Trinajstić information content (AvgIpc) is 3.12. The Kier molecular flexibility index (Phi) is 4.50. The highest BCUT2D eigenvalue weighted by molar-refractivity contribution is 5.94. The van der Waals surface area contributed by atoms with E-state index in [2.05, 4.69) is 10.6 Å². The molecule has 2 amide bonds. The van der Waals surface area contributed by atoms with E-state index < -0.39 is 18.0 Å². The van der Waals surface area contributed by atoms with E-state index in [1.807, 2.05) is 6.92 Å². The summed E-state index contributed by atoms with van der Waals surface area (Å²) in [5, 5.41) is 5.09. The van der Waals surface area contributed by atoms with Gasteiger partial charge in [0, 0.05) is 0 Å². The molecule has 2 N–H and O–H groups in total. The zero-order valence-electron chi connectivity index (χ0n) is 12.4. The van der Waals surface area contributed by atoms with Crippen LogP contribution in [0, 0.1) is 11.8 Å². The summed E-state index contributed by atoms with van der Waals surface area (Å²) < 4.78 is 10.2. The molecule has 2 aliphatic rings. The first-order valence-corrected chi connectivity index (χ1v) is 7.08. The minimum absolute atomic E-state index is 0.0634. The smallest absolute Gasteiger partial charge is 0.338 e. The standard InChI is InChI=1S/C14H20N2O5/c1-4-20-13(18)11-8(3)15-14(19)16-10(11)6-21-12(17)9-5-7(9)2/h7-9H,4-6H2,1-3H3,(H2,15,16,19)/t7-,8+,9-/m0/s1. The van der Waals surface area contributed by atoms with E-state index in [1.54, 1.807) is 13.8 Å². The van der Waals surface area contributed by atoms with Gasteiger partial charge in [0.1, 0.15) is 6.61 Å². The molecule has 2 rings (SSSR count). The molecule has 0 spiro atoms. The highest BCUT2D eigenvalue weighted by Gasteiger charge is 2.41. The van der Waals surface area contributed by atoms with Crippen molar-refractivity contribution in [2.24, 2.45) is 11.8 Å². The number of amides is 2. The van der Waals surface area contributed by atoms with E-state index in [0.29, 0.717) is 5.92 Å². The van der Waals surface area contributed by atoms with Gasteiger partial charge >= 0.3 is 18.0 Å². The Morgan fingerprint density at radius 2 is 1.95 bits per heavy atom. The van der Waals surface area contributed by atoms with Crippen molar-refractivity contribution in [3.05, 3.63) is 11.3 Å². The van der Waals surface area contributed by atoms with Gasteiger partial charge in [0.05, 0.1) is 29.8 Å². The Morgan fingerprint density at radius 3 is 2.52 bits per heavy atom. The van der Waals surface area contributed by atoms with Gasteiger partial charge in [-0.3, -0.25) is 4.79 Å². The van der Waals surface area contributed by atoms with Crippen LogP contribution in [0.2, 0.25) is 0 Å². The third-order valence-electron chi connectivity index (χ3n) is 3.64. The molecule has 1 heterocycles. The topological polar surface area (TPSA) is 93.7 Å². The van der Waals surface area contributed by atoms with Crippen molar-refractivity contribution in [2.75, 3.05) is 13.2 Å². The lowest BCUT2D eigenvalue weighted by Gasteiger charge is -2.26. The maximum absolute atomic E-state index is 12.0. The zero-order valence-corrected chi connectivity index (χ0v) is 12.4. The molecule has 0 aromatic rings. The minimum Gasteiger partial charge on any atom is -0.463 e. The summed E-state index contributed by atoms with van der Waals surface area (Å²) in [5.74, 6) is -0.536. The molecule has 1 saturated carbocycles. The van der Waals surface area contributed by atoms with E-state index in [0.717, 1.165) is 6.42 Å². The van der Waals surface area contributed by atoms with Crippen LogP contribution in [0.1, 0.15) is 27.2 Å². The maximum Gasteiger partial charge on any atom is 0.338 e. The number of nitrogens with one attached hydrogen (secondary N) is 2. The summed E-state index contributed by atoms with van der Waals surface area (Å²) in [7, 11) is 0. The van der Waals surface area contributed by atoms with Gasteiger partial charge in [-0.15, -0.1) is 0 Å². The molecule has 21 heavy (non-hydrogen) atoms. The second kappa shape index (κ2) is 6.15. The lowest BCUT2D eigenvalue weighted by Crippen LogP contribution is -2.50. The van der Waals surface area contributed by atoms with Gasteiger partial charge in [-0.25, -0.2) is 9.59 Å². The number of hydrogen-bond acceptors (Lipinski definition) is 5. The minimum atomic E-state index is -0.525. The van der Waals surface area contributed by atoms with E-state index >= 15 is 0 Å². The van der Waals surface area contributed by atoms with Crippen LogP contribution in [0.25, 0.3) is 0 Å². The fourth-order valence-electron chi connectivity index (χ4n) is 2.29. The predicted molar refractivity (Wildman–Crippen MR) is 73.0 cm³/mol. The van der Waals surface area contributed by atoms with Gasteiger partial charge in [-0.05, 0) is 26.2 Å². The van der Waals surface area contributed by atoms with Gasteiger partial charge < -0.3 is 20.1 Å². The lowest BCUT2D eigenvalue weighted by atomic mass is 10.0. The zero-order chi connectivity index (χ0) is 15.6. The van der Waals surface area contributed by atoms with Gasteiger partial charge in [0.2, 0.25) is 0 Å². The van der Waals surface area contributed by atoms with Crippen molar-refractivity contribution < 1.29 is 23.9 Å². The van der Waals surface area contributed by atoms with Gasteiger partial charge in [-0.2, -0.15) is 0 Å². The van der Waals surface area contributed by atoms with E-state index in [9.17, 15) is 14.4 Å². The predicted octanol–water partition coefficient (Wildman–Crippen LogP) is 0.704. The molecule has 0 bridgehead atoms. The van der Waals surface area contributed by atoms with Crippen LogP contribution in [0.15, 0.2) is 11.3 Å². The van der Waals surface area contributed by atoms with Crippen LogP contribution in [0.5, 0.6) is 0 Å². The number of hydrogen-bond donors (Lipinski definition) is 2. The number of carbonyl (C=O) groups is 3. The highest BCUT2D eigenvalue weighted by Crippen LogP contribution is 2.38. The highest BCUT2D eigenvalue weighted by atomic mass is 16.5. The summed E-state index contributed by atoms with van der Waals surface area (Å²) in [6.07, 6.45) is 0.826. The van der Waals surface area contributed by atoms with E-state index in [1.165, 1.54) is 0 Å². The molecule has 1 fully saturated rings. The van der Waals surface area contributed by atoms with E-state index in [-0.39, 0.29) is 36.4 Å². The lowest BCUT2D eigenvalue weighted by molar-refractivity contribution is -0.145. The van der Waals surface area contributed by atoms with Crippen molar-refractivity contribution >= 4 is 18.0 Å². The van der Waals surface area contributed by atoms with Gasteiger partial charge in [0.15, 0.2) is 0 Å². The average molecular weight is 296 g/mol. The first-order chi connectivity index (χ1) is 9.93. The molecule has 1 aliphatic heterocycles. The van der Waals surface area contributed by atoms with Crippen molar-refractivity contribution in [3.8, 4) is 0 Å². The molecule has 0 radical (unpaired) electrons. The largest absolute Gasteiger partial charge is 0.463 e. The first-order valence-electron chi connectivity index (χ1n) is 7.08. The third kappa shape index (κ3) is 3.53. The maximum atomic E-state index is 12.0. The summed E-state index contributed by atoms with van der Waals surface area (Å²) in [4.78, 5) is 35.2. The van der Waals surface area contributed by atoms with E-state index in [4.69, 9.17) is 9.47 Å². The number of urea groups is 1. The molecule has 7 heteroatoms. The van der Waals surface area contributed by atoms with Crippen LogP contribution >= 0.6 is 0 Å². The molecule has 3 atom stereocenters. The Balaban J connectivity index is 2.09. The summed E-state index contributed by atoms with van der Waals surface area (Å²) in [6, 6.07) is -0.923. The first kappa shape index (κ1) is 15.3. The Hall–Kier alpha value is -2.05. The van der Waals surface area contributed by atoms with Crippen molar-refractivity contribution in [1.29, 1.82) is 0 Å². The molecular weight excluding hydrogens is 276 g/mol. The molecule has 0 saturated heterocycles. The number of esters is 2. The summed E-state index contributed by atoms with van der Waals surface area (Å²) >= 11 is 0. The van der Waals surface area contributed by atoms with Gasteiger partial charge in [-0.1, -0.05) is 6.92 Å². The second-order valence-corrected chi connectivity index (χ2v) is 5.36. The molecule has 116 valence electrons. The Bertz CT molecular complexity index is 500. The number of rotatable bonds is 5. The Labute approximate surface area is 123 Å². The summed E-state index contributed by atoms with van der Waals surface area (Å²) in [6.45, 7) is 5.45. The number of carbonyl (C=O) groups excluding carboxylic acids is 3. The van der Waals surface area contributed by atoms with Crippen LogP contribution < -0.4 is 10.6 Å². The molecule has 1 aliphatic carbocycles. The SMILES string of the molecule is CCOC(=O)C1=C(COC(=O)[C@H]2C[C@@H]2C)NC(=O)N[C@@H]1C. The normalized spacial score (nSPS) is 27.6. The fourth-order valence-corrected chi connectivity index (χ4v) is 2.29. The van der Waals surface area contributed by atoms with Crippen LogP contribution in [0.3, 0.4) is 0 Å². The van der Waals surface area contributed by atoms with Crippen LogP contribution in [-0.2, 0) is 19.1 Å². The second-order valence-electron chi connectivity index (χ2n) is 5.36. The van der Waals surface area contributed by atoms with Crippen molar-refractivity contribution in [2.45, 2.75) is 33.2 Å². The molecule has 0 aromatic carbocycles. The monoisotopic (exact) mass is 296 g/mol. The fraction of sp³-hybridized carbons (Fsp3) is 0.643. The Morgan fingerprint density at radius 1 is 1.29 bits per heavy atom. The van der Waals surface area contributed by atoms with Crippen molar-refractivity contribution in [3.63, 3.8) is 0 Å². The van der Waals surface area contributed by atoms with Crippen LogP contribution in [-0.4, -0.2) is 37.2 Å². The number of ether oxygens (including phenoxy) is 2. The molecular formula is C14H20N2O5. The van der Waals surface area contributed by atoms with Crippen molar-refractivity contribution in [1.82, 2.24) is 10.6 Å². The summed E-state index contributed by atoms with van der Waals surface area (Å²) in [5.41, 5.74) is 0.569. The molecule has 0 aromatic heterocycles.